The summed E-state index contributed by atoms with van der Waals surface area (Å²) < 4.78 is 51.9. The molecule has 0 radical (unpaired) electrons. The van der Waals surface area contributed by atoms with Gasteiger partial charge in [-0.3, -0.25) is 4.79 Å². The van der Waals surface area contributed by atoms with Gasteiger partial charge in [0.15, 0.2) is 18.1 Å². The van der Waals surface area contributed by atoms with Gasteiger partial charge in [0, 0.05) is 12.3 Å². The number of nitrogens with zero attached hydrogens (tertiary/aromatic N) is 1. The van der Waals surface area contributed by atoms with Crippen LogP contribution in [0.15, 0.2) is 36.5 Å². The first-order chi connectivity index (χ1) is 12.8. The monoisotopic (exact) mass is 382 g/mol. The van der Waals surface area contributed by atoms with E-state index >= 15 is 0 Å². The number of carbonyl (C=O) groups is 1. The summed E-state index contributed by atoms with van der Waals surface area (Å²) in [6, 6.07) is 7.65. The summed E-state index contributed by atoms with van der Waals surface area (Å²) in [6.07, 6.45) is -3.28. The largest absolute Gasteiger partial charge is 0.486 e. The molecule has 0 saturated carbocycles. The van der Waals surface area contributed by atoms with Gasteiger partial charge in [0.05, 0.1) is 11.6 Å². The highest BCUT2D eigenvalue weighted by Gasteiger charge is 2.28. The number of benzene rings is 1. The van der Waals surface area contributed by atoms with Crippen LogP contribution in [0.25, 0.3) is 0 Å². The van der Waals surface area contributed by atoms with Crippen molar-refractivity contribution in [1.82, 2.24) is 10.3 Å². The number of halogens is 3. The molecule has 2 heterocycles. The van der Waals surface area contributed by atoms with E-state index in [0.29, 0.717) is 24.7 Å². The van der Waals surface area contributed by atoms with E-state index in [9.17, 15) is 18.0 Å². The van der Waals surface area contributed by atoms with E-state index in [1.165, 1.54) is 12.1 Å². The minimum atomic E-state index is -4.45. The predicted molar refractivity (Wildman–Crippen MR) is 89.1 cm³/mol. The number of nitrogens with one attached hydrogen (secondary N) is 1. The zero-order valence-corrected chi connectivity index (χ0v) is 14.4. The van der Waals surface area contributed by atoms with Crippen molar-refractivity contribution in [2.75, 3.05) is 19.8 Å². The molecule has 0 fully saturated rings. The molecule has 6 nitrogen and oxygen atoms in total. The molecule has 144 valence electrons. The number of rotatable bonds is 5. The Balaban J connectivity index is 1.61. The Morgan fingerprint density at radius 1 is 1.22 bits per heavy atom. The van der Waals surface area contributed by atoms with Crippen LogP contribution in [0.3, 0.4) is 0 Å². The first-order valence-electron chi connectivity index (χ1n) is 8.18. The standard InChI is InChI=1S/C18H17F3N2O4/c1-11(12-2-4-14-15(8-12)26-7-6-25-14)23-17(24)13-3-5-16(22-9-13)27-10-18(19,20)21/h2-5,8-9,11H,6-7,10H2,1H3,(H,23,24)/t11-/m0/s1. The zero-order chi connectivity index (χ0) is 19.4. The van der Waals surface area contributed by atoms with Gasteiger partial charge in [-0.25, -0.2) is 4.98 Å². The fraction of sp³-hybridized carbons (Fsp3) is 0.333. The first-order valence-corrected chi connectivity index (χ1v) is 8.18. The van der Waals surface area contributed by atoms with Crippen LogP contribution in [-0.2, 0) is 0 Å². The van der Waals surface area contributed by atoms with Crippen LogP contribution in [0.5, 0.6) is 17.4 Å². The molecule has 1 amide bonds. The lowest BCUT2D eigenvalue weighted by atomic mass is 10.1. The molecule has 1 N–H and O–H groups in total. The molecule has 0 spiro atoms. The SMILES string of the molecule is C[C@H](NC(=O)c1ccc(OCC(F)(F)F)nc1)c1ccc2c(c1)OCCO2. The highest BCUT2D eigenvalue weighted by Crippen LogP contribution is 2.32. The lowest BCUT2D eigenvalue weighted by Gasteiger charge is -2.21. The Kier molecular flexibility index (Phi) is 5.38. The van der Waals surface area contributed by atoms with Crippen LogP contribution in [0.1, 0.15) is 28.9 Å². The summed E-state index contributed by atoms with van der Waals surface area (Å²) >= 11 is 0. The molecule has 1 aliphatic heterocycles. The Bertz CT molecular complexity index is 809. The van der Waals surface area contributed by atoms with Crippen molar-refractivity contribution in [3.8, 4) is 17.4 Å². The summed E-state index contributed by atoms with van der Waals surface area (Å²) in [5.74, 6) is 0.658. The number of fused-ring (bicyclic) bond motifs is 1. The highest BCUT2D eigenvalue weighted by molar-refractivity contribution is 5.94. The average molecular weight is 382 g/mol. The Morgan fingerprint density at radius 2 is 1.96 bits per heavy atom. The number of alkyl halides is 3. The van der Waals surface area contributed by atoms with Crippen LogP contribution < -0.4 is 19.5 Å². The molecule has 1 aromatic carbocycles. The molecule has 9 heteroatoms. The number of hydrogen-bond donors (Lipinski definition) is 1. The molecule has 0 aliphatic carbocycles. The third kappa shape index (κ3) is 5.02. The lowest BCUT2D eigenvalue weighted by Crippen LogP contribution is -2.27. The van der Waals surface area contributed by atoms with Crippen molar-refractivity contribution >= 4 is 5.91 Å². The van der Waals surface area contributed by atoms with Crippen molar-refractivity contribution in [3.63, 3.8) is 0 Å². The summed E-state index contributed by atoms with van der Waals surface area (Å²) in [5, 5.41) is 2.80. The molecule has 3 rings (SSSR count). The van der Waals surface area contributed by atoms with Crippen LogP contribution in [0.4, 0.5) is 13.2 Å². The zero-order valence-electron chi connectivity index (χ0n) is 14.4. The van der Waals surface area contributed by atoms with E-state index in [1.807, 2.05) is 6.07 Å². The van der Waals surface area contributed by atoms with Crippen molar-refractivity contribution in [1.29, 1.82) is 0 Å². The number of pyridine rings is 1. The second-order valence-corrected chi connectivity index (χ2v) is 5.89. The van der Waals surface area contributed by atoms with E-state index in [4.69, 9.17) is 9.47 Å². The van der Waals surface area contributed by atoms with Gasteiger partial charge in [0.25, 0.3) is 5.91 Å². The second-order valence-electron chi connectivity index (χ2n) is 5.89. The maximum absolute atomic E-state index is 12.3. The van der Waals surface area contributed by atoms with Crippen molar-refractivity contribution in [2.24, 2.45) is 0 Å². The normalized spacial score (nSPS) is 14.4. The van der Waals surface area contributed by atoms with Gasteiger partial charge in [-0.15, -0.1) is 0 Å². The Morgan fingerprint density at radius 3 is 2.63 bits per heavy atom. The first kappa shape index (κ1) is 18.8. The topological polar surface area (TPSA) is 69.7 Å². The molecule has 2 aromatic rings. The van der Waals surface area contributed by atoms with Gasteiger partial charge >= 0.3 is 6.18 Å². The maximum Gasteiger partial charge on any atom is 0.422 e. The van der Waals surface area contributed by atoms with Gasteiger partial charge < -0.3 is 19.5 Å². The van der Waals surface area contributed by atoms with Crippen molar-refractivity contribution in [3.05, 3.63) is 47.7 Å². The van der Waals surface area contributed by atoms with Crippen LogP contribution in [-0.4, -0.2) is 36.9 Å². The molecule has 1 atom stereocenters. The van der Waals surface area contributed by atoms with Gasteiger partial charge in [-0.1, -0.05) is 6.07 Å². The number of aromatic nitrogens is 1. The molecule has 0 unspecified atom stereocenters. The van der Waals surface area contributed by atoms with Crippen molar-refractivity contribution in [2.45, 2.75) is 19.1 Å². The van der Waals surface area contributed by atoms with E-state index in [2.05, 4.69) is 15.0 Å². The quantitative estimate of drug-likeness (QED) is 0.860. The fourth-order valence-corrected chi connectivity index (χ4v) is 2.45. The summed E-state index contributed by atoms with van der Waals surface area (Å²) in [5.41, 5.74) is 1.03. The van der Waals surface area contributed by atoms with Gasteiger partial charge in [-0.05, 0) is 30.7 Å². The van der Waals surface area contributed by atoms with Crippen LogP contribution in [0.2, 0.25) is 0 Å². The highest BCUT2D eigenvalue weighted by atomic mass is 19.4. The third-order valence-electron chi connectivity index (χ3n) is 3.80. The van der Waals surface area contributed by atoms with Crippen LogP contribution in [0, 0.1) is 0 Å². The third-order valence-corrected chi connectivity index (χ3v) is 3.80. The van der Waals surface area contributed by atoms with Gasteiger partial charge in [0.2, 0.25) is 5.88 Å². The lowest BCUT2D eigenvalue weighted by molar-refractivity contribution is -0.154. The number of carbonyl (C=O) groups excluding carboxylic acids is 1. The maximum atomic E-state index is 12.3. The Labute approximate surface area is 153 Å². The summed E-state index contributed by atoms with van der Waals surface area (Å²) in [6.45, 7) is 1.32. The van der Waals surface area contributed by atoms with E-state index in [-0.39, 0.29) is 17.5 Å². The van der Waals surface area contributed by atoms with Gasteiger partial charge in [0.1, 0.15) is 13.2 Å². The smallest absolute Gasteiger partial charge is 0.422 e. The molecule has 0 bridgehead atoms. The summed E-state index contributed by atoms with van der Waals surface area (Å²) in [7, 11) is 0. The molecule has 27 heavy (non-hydrogen) atoms. The number of hydrogen-bond acceptors (Lipinski definition) is 5. The van der Waals surface area contributed by atoms with Crippen molar-refractivity contribution < 1.29 is 32.2 Å². The minimum Gasteiger partial charge on any atom is -0.486 e. The molecule has 1 aromatic heterocycles. The average Bonchev–Trinajstić information content (AvgIpc) is 2.65. The second kappa shape index (κ2) is 7.73. The minimum absolute atomic E-state index is 0.205. The molecule has 0 saturated heterocycles. The molecular formula is C18H17F3N2O4. The summed E-state index contributed by atoms with van der Waals surface area (Å²) in [4.78, 5) is 16.0. The Hall–Kier alpha value is -2.97. The van der Waals surface area contributed by atoms with Gasteiger partial charge in [-0.2, -0.15) is 13.2 Å². The fourth-order valence-electron chi connectivity index (χ4n) is 2.45. The molecule has 1 aliphatic rings. The van der Waals surface area contributed by atoms with E-state index in [1.54, 1.807) is 19.1 Å². The molecular weight excluding hydrogens is 365 g/mol. The number of ether oxygens (including phenoxy) is 3. The number of amides is 1. The van der Waals surface area contributed by atoms with E-state index < -0.39 is 18.7 Å². The predicted octanol–water partition coefficient (Wildman–Crippen LogP) is 3.28. The van der Waals surface area contributed by atoms with E-state index in [0.717, 1.165) is 11.8 Å². The van der Waals surface area contributed by atoms with Crippen LogP contribution >= 0.6 is 0 Å².